The molecular weight excluding hydrogens is 354 g/mol. The fraction of sp³-hybridized carbons (Fsp3) is 0.423. The summed E-state index contributed by atoms with van der Waals surface area (Å²) in [7, 11) is 0.615. The molecule has 1 nitrogen and oxygen atoms in total. The maximum Gasteiger partial charge on any atom is 0.220 e. The Kier molecular flexibility index (Phi) is 5.31. The number of fused-ring (bicyclic) bond motifs is 1. The van der Waals surface area contributed by atoms with Gasteiger partial charge in [-0.05, 0) is 46.5 Å². The predicted octanol–water partition coefficient (Wildman–Crippen LogP) is 6.48. The minimum Gasteiger partial charge on any atom is -0.200 e. The Morgan fingerprint density at radius 1 is 0.929 bits per heavy atom. The SMILES string of the molecule is Cc1ccc(C(C)C)cc1-c1c2ccc([Si](C)(C)C(C)(C)C)cc2cc[n+]1C. The van der Waals surface area contributed by atoms with Gasteiger partial charge in [-0.1, -0.05) is 77.2 Å². The third kappa shape index (κ3) is 3.55. The second-order valence-corrected chi connectivity index (χ2v) is 15.5. The lowest BCUT2D eigenvalue weighted by Crippen LogP contribution is -2.49. The van der Waals surface area contributed by atoms with Gasteiger partial charge in [-0.15, -0.1) is 0 Å². The molecule has 0 radical (unpaired) electrons. The van der Waals surface area contributed by atoms with Crippen LogP contribution in [-0.2, 0) is 7.05 Å². The first-order chi connectivity index (χ1) is 12.9. The van der Waals surface area contributed by atoms with Gasteiger partial charge in [0.25, 0.3) is 0 Å². The molecule has 3 rings (SSSR count). The zero-order valence-corrected chi connectivity index (χ0v) is 20.1. The summed E-state index contributed by atoms with van der Waals surface area (Å²) in [5, 5.41) is 4.58. The first-order valence-electron chi connectivity index (χ1n) is 10.5. The van der Waals surface area contributed by atoms with E-state index in [9.17, 15) is 0 Å². The molecule has 0 bridgehead atoms. The van der Waals surface area contributed by atoms with Gasteiger partial charge in [0.05, 0.1) is 13.5 Å². The van der Waals surface area contributed by atoms with Crippen LogP contribution in [0, 0.1) is 6.92 Å². The molecule has 0 aliphatic heterocycles. The largest absolute Gasteiger partial charge is 0.220 e. The Morgan fingerprint density at radius 2 is 1.61 bits per heavy atom. The van der Waals surface area contributed by atoms with E-state index in [0.29, 0.717) is 11.0 Å². The minimum atomic E-state index is -1.55. The summed E-state index contributed by atoms with van der Waals surface area (Å²) in [4.78, 5) is 0. The summed E-state index contributed by atoms with van der Waals surface area (Å²) < 4.78 is 2.28. The Hall–Kier alpha value is -1.93. The summed E-state index contributed by atoms with van der Waals surface area (Å²) in [6.45, 7) is 18.9. The average Bonchev–Trinajstić information content (AvgIpc) is 2.61. The second kappa shape index (κ2) is 7.15. The monoisotopic (exact) mass is 390 g/mol. The number of benzene rings is 2. The molecule has 0 amide bonds. The van der Waals surface area contributed by atoms with Crippen LogP contribution in [0.25, 0.3) is 22.0 Å². The number of hydrogen-bond acceptors (Lipinski definition) is 0. The van der Waals surface area contributed by atoms with Crippen molar-refractivity contribution in [1.82, 2.24) is 0 Å². The molecule has 2 aromatic carbocycles. The predicted molar refractivity (Wildman–Crippen MR) is 126 cm³/mol. The Morgan fingerprint density at radius 3 is 2.21 bits per heavy atom. The van der Waals surface area contributed by atoms with Crippen LogP contribution >= 0.6 is 0 Å². The van der Waals surface area contributed by atoms with Gasteiger partial charge in [0.2, 0.25) is 5.69 Å². The Bertz CT molecular complexity index is 1020. The lowest BCUT2D eigenvalue weighted by molar-refractivity contribution is -0.659. The summed E-state index contributed by atoms with van der Waals surface area (Å²) in [5.74, 6) is 0.532. The highest BCUT2D eigenvalue weighted by Gasteiger charge is 2.37. The highest BCUT2D eigenvalue weighted by Crippen LogP contribution is 2.36. The number of rotatable bonds is 3. The van der Waals surface area contributed by atoms with Crippen molar-refractivity contribution in [1.29, 1.82) is 0 Å². The summed E-state index contributed by atoms with van der Waals surface area (Å²) in [6.07, 6.45) is 2.22. The van der Waals surface area contributed by atoms with Gasteiger partial charge >= 0.3 is 0 Å². The third-order valence-electron chi connectivity index (χ3n) is 6.92. The fourth-order valence-electron chi connectivity index (χ4n) is 3.78. The third-order valence-corrected chi connectivity index (χ3v) is 12.4. The van der Waals surface area contributed by atoms with Crippen molar-refractivity contribution in [2.45, 2.75) is 65.6 Å². The van der Waals surface area contributed by atoms with Crippen LogP contribution in [0.2, 0.25) is 18.1 Å². The maximum absolute atomic E-state index is 2.49. The molecule has 3 aromatic rings. The van der Waals surface area contributed by atoms with Gasteiger partial charge in [0.15, 0.2) is 6.20 Å². The quantitative estimate of drug-likeness (QED) is 0.356. The van der Waals surface area contributed by atoms with Gasteiger partial charge < -0.3 is 0 Å². The molecule has 0 spiro atoms. The van der Waals surface area contributed by atoms with Crippen molar-refractivity contribution < 1.29 is 4.57 Å². The van der Waals surface area contributed by atoms with Crippen molar-refractivity contribution >= 4 is 24.0 Å². The number of hydrogen-bond donors (Lipinski definition) is 0. The van der Waals surface area contributed by atoms with Crippen LogP contribution in [0.15, 0.2) is 48.7 Å². The molecule has 0 aliphatic carbocycles. The Balaban J connectivity index is 2.26. The van der Waals surface area contributed by atoms with E-state index in [-0.39, 0.29) is 0 Å². The van der Waals surface area contributed by atoms with Crippen molar-refractivity contribution in [3.05, 3.63) is 59.8 Å². The van der Waals surface area contributed by atoms with Crippen LogP contribution in [0.1, 0.15) is 51.7 Å². The number of nitrogens with zero attached hydrogens (tertiary/aromatic N) is 1. The minimum absolute atomic E-state index is 0.338. The molecule has 1 heterocycles. The van der Waals surface area contributed by atoms with Gasteiger partial charge in [0.1, 0.15) is 7.05 Å². The molecule has 0 aliphatic rings. The van der Waals surface area contributed by atoms with E-state index < -0.39 is 8.07 Å². The smallest absolute Gasteiger partial charge is 0.200 e. The molecule has 1 aromatic heterocycles. The van der Waals surface area contributed by atoms with E-state index in [1.807, 2.05) is 0 Å². The fourth-order valence-corrected chi connectivity index (χ4v) is 5.67. The molecule has 0 N–H and O–H groups in total. The number of aryl methyl sites for hydroxylation is 2. The highest BCUT2D eigenvalue weighted by atomic mass is 28.3. The van der Waals surface area contributed by atoms with E-state index in [1.165, 1.54) is 33.2 Å². The molecule has 2 heteroatoms. The van der Waals surface area contributed by atoms with Crippen LogP contribution in [0.3, 0.4) is 0 Å². The molecule has 148 valence electrons. The number of aromatic nitrogens is 1. The van der Waals surface area contributed by atoms with Gasteiger partial charge in [-0.3, -0.25) is 0 Å². The first-order valence-corrected chi connectivity index (χ1v) is 13.5. The van der Waals surface area contributed by atoms with Gasteiger partial charge in [0, 0.05) is 11.6 Å². The normalized spacial score (nSPS) is 12.8. The van der Waals surface area contributed by atoms with Crippen LogP contribution in [0.5, 0.6) is 0 Å². The van der Waals surface area contributed by atoms with Crippen molar-refractivity contribution in [2.24, 2.45) is 7.05 Å². The van der Waals surface area contributed by atoms with E-state index in [4.69, 9.17) is 0 Å². The molecule has 0 saturated heterocycles. The van der Waals surface area contributed by atoms with Crippen LogP contribution < -0.4 is 9.75 Å². The topological polar surface area (TPSA) is 3.88 Å². The zero-order chi connectivity index (χ0) is 20.9. The average molecular weight is 391 g/mol. The van der Waals surface area contributed by atoms with Crippen molar-refractivity contribution in [3.8, 4) is 11.3 Å². The van der Waals surface area contributed by atoms with E-state index in [1.54, 1.807) is 5.19 Å². The van der Waals surface area contributed by atoms with E-state index in [0.717, 1.165) is 0 Å². The molecule has 0 fully saturated rings. The van der Waals surface area contributed by atoms with Gasteiger partial charge in [-0.2, -0.15) is 0 Å². The van der Waals surface area contributed by atoms with Gasteiger partial charge in [-0.25, -0.2) is 4.57 Å². The molecule has 0 atom stereocenters. The highest BCUT2D eigenvalue weighted by molar-refractivity contribution is 6.92. The standard InChI is InChI=1S/C26H36NSi/c1-18(2)20-11-10-19(3)24(17-20)25-23-13-12-22(28(8,9)26(4,5)6)16-21(23)14-15-27(25)7/h10-18H,1-9H3/q+1. The molecule has 0 saturated carbocycles. The van der Waals surface area contributed by atoms with E-state index in [2.05, 4.69) is 115 Å². The summed E-state index contributed by atoms with van der Waals surface area (Å²) in [6, 6.07) is 16.4. The zero-order valence-electron chi connectivity index (χ0n) is 19.1. The van der Waals surface area contributed by atoms with Crippen LogP contribution in [-0.4, -0.2) is 8.07 Å². The lowest BCUT2D eigenvalue weighted by atomic mass is 9.94. The van der Waals surface area contributed by atoms with Crippen molar-refractivity contribution in [2.75, 3.05) is 0 Å². The summed E-state index contributed by atoms with van der Waals surface area (Å²) >= 11 is 0. The Labute approximate surface area is 172 Å². The second-order valence-electron chi connectivity index (χ2n) is 10.2. The first kappa shape index (κ1) is 20.8. The lowest BCUT2D eigenvalue weighted by Gasteiger charge is -2.37. The molecule has 28 heavy (non-hydrogen) atoms. The molecular formula is C26H36NSi+. The maximum atomic E-state index is 2.49. The molecule has 0 unspecified atom stereocenters. The van der Waals surface area contributed by atoms with E-state index >= 15 is 0 Å². The van der Waals surface area contributed by atoms with Crippen molar-refractivity contribution in [3.63, 3.8) is 0 Å². The number of pyridine rings is 1. The summed E-state index contributed by atoms with van der Waals surface area (Å²) in [5.41, 5.74) is 5.40. The van der Waals surface area contributed by atoms with Crippen LogP contribution in [0.4, 0.5) is 0 Å².